The molecule has 17 heavy (non-hydrogen) atoms. The van der Waals surface area contributed by atoms with Gasteiger partial charge in [-0.1, -0.05) is 11.6 Å². The average Bonchev–Trinajstić information content (AvgIpc) is 2.71. The molecular weight excluding hydrogens is 242 g/mol. The van der Waals surface area contributed by atoms with E-state index in [-0.39, 0.29) is 10.6 Å². The van der Waals surface area contributed by atoms with Crippen molar-refractivity contribution in [3.8, 4) is 0 Å². The van der Waals surface area contributed by atoms with Crippen molar-refractivity contribution in [2.45, 2.75) is 13.5 Å². The van der Waals surface area contributed by atoms with Gasteiger partial charge in [-0.15, -0.1) is 0 Å². The Morgan fingerprint density at radius 3 is 2.88 bits per heavy atom. The molecule has 2 heterocycles. The van der Waals surface area contributed by atoms with Crippen LogP contribution in [0.3, 0.4) is 0 Å². The zero-order valence-electron chi connectivity index (χ0n) is 9.51. The first-order valence-electron chi connectivity index (χ1n) is 5.14. The fraction of sp³-hybridized carbons (Fsp3) is 0.300. The van der Waals surface area contributed by atoms with Gasteiger partial charge in [0.2, 0.25) is 0 Å². The van der Waals surface area contributed by atoms with Gasteiger partial charge in [0.05, 0.1) is 11.9 Å². The molecule has 0 bridgehead atoms. The third kappa shape index (κ3) is 2.31. The first-order chi connectivity index (χ1) is 8.11. The van der Waals surface area contributed by atoms with Gasteiger partial charge in [-0.3, -0.25) is 9.48 Å². The van der Waals surface area contributed by atoms with Gasteiger partial charge in [-0.25, -0.2) is 4.68 Å². The van der Waals surface area contributed by atoms with Crippen molar-refractivity contribution in [1.82, 2.24) is 19.6 Å². The maximum absolute atomic E-state index is 11.7. The zero-order valence-corrected chi connectivity index (χ0v) is 10.3. The molecule has 2 aromatic rings. The summed E-state index contributed by atoms with van der Waals surface area (Å²) < 4.78 is 2.95. The highest BCUT2D eigenvalue weighted by molar-refractivity contribution is 6.33. The summed E-state index contributed by atoms with van der Waals surface area (Å²) in [7, 11) is 1.81. The van der Waals surface area contributed by atoms with Crippen LogP contribution in [-0.2, 0) is 13.6 Å². The topological polar surface area (TPSA) is 64.7 Å². The van der Waals surface area contributed by atoms with E-state index in [9.17, 15) is 4.79 Å². The predicted octanol–water partition coefficient (Wildman–Crippen LogP) is 1.39. The van der Waals surface area contributed by atoms with E-state index in [2.05, 4.69) is 15.5 Å². The maximum Gasteiger partial charge on any atom is 0.287 e. The van der Waals surface area contributed by atoms with E-state index in [1.807, 2.05) is 6.92 Å². The van der Waals surface area contributed by atoms with Crippen molar-refractivity contribution in [3.05, 3.63) is 33.8 Å². The van der Waals surface area contributed by atoms with Crippen molar-refractivity contribution in [3.63, 3.8) is 0 Å². The number of halogens is 1. The molecule has 0 saturated heterocycles. The number of anilines is 2. The van der Waals surface area contributed by atoms with Crippen LogP contribution in [0.15, 0.2) is 23.3 Å². The number of nitrogens with zero attached hydrogens (tertiary/aromatic N) is 4. The van der Waals surface area contributed by atoms with E-state index in [1.54, 1.807) is 24.0 Å². The molecule has 0 aliphatic rings. The molecule has 7 heteroatoms. The van der Waals surface area contributed by atoms with Crippen LogP contribution in [0.5, 0.6) is 0 Å². The Balaban J connectivity index is 2.34. The normalized spacial score (nSPS) is 10.5. The van der Waals surface area contributed by atoms with Crippen LogP contribution in [-0.4, -0.2) is 19.6 Å². The summed E-state index contributed by atoms with van der Waals surface area (Å²) in [6, 6.07) is 1.78. The van der Waals surface area contributed by atoms with Gasteiger partial charge in [-0.2, -0.15) is 10.2 Å². The lowest BCUT2D eigenvalue weighted by atomic mass is 10.4. The third-order valence-electron chi connectivity index (χ3n) is 2.26. The number of rotatable bonds is 3. The van der Waals surface area contributed by atoms with Gasteiger partial charge >= 0.3 is 0 Å². The van der Waals surface area contributed by atoms with E-state index >= 15 is 0 Å². The quantitative estimate of drug-likeness (QED) is 0.898. The van der Waals surface area contributed by atoms with Crippen LogP contribution >= 0.6 is 11.6 Å². The summed E-state index contributed by atoms with van der Waals surface area (Å²) in [6.07, 6.45) is 3.30. The summed E-state index contributed by atoms with van der Waals surface area (Å²) in [5, 5.41) is 11.2. The molecule has 0 saturated carbocycles. The minimum absolute atomic E-state index is 0.118. The highest BCUT2D eigenvalue weighted by atomic mass is 35.5. The van der Waals surface area contributed by atoms with Gasteiger partial charge < -0.3 is 5.32 Å². The van der Waals surface area contributed by atoms with Crippen LogP contribution in [0.2, 0.25) is 5.02 Å². The lowest BCUT2D eigenvalue weighted by molar-refractivity contribution is 0.616. The summed E-state index contributed by atoms with van der Waals surface area (Å²) >= 11 is 5.96. The minimum atomic E-state index is -0.310. The lowest BCUT2D eigenvalue weighted by Gasteiger charge is -2.06. The number of hydrogen-bond acceptors (Lipinski definition) is 4. The molecule has 0 amide bonds. The number of hydrogen-bond donors (Lipinski definition) is 1. The molecule has 6 nitrogen and oxygen atoms in total. The molecule has 0 atom stereocenters. The SMILES string of the molecule is CCn1ncc(Nc2ccn(C)n2)c(Cl)c1=O. The third-order valence-corrected chi connectivity index (χ3v) is 2.63. The first-order valence-corrected chi connectivity index (χ1v) is 5.52. The zero-order chi connectivity index (χ0) is 12.4. The average molecular weight is 254 g/mol. The van der Waals surface area contributed by atoms with E-state index < -0.39 is 0 Å². The van der Waals surface area contributed by atoms with Crippen molar-refractivity contribution < 1.29 is 0 Å². The van der Waals surface area contributed by atoms with Crippen molar-refractivity contribution in [2.75, 3.05) is 5.32 Å². The van der Waals surface area contributed by atoms with Crippen molar-refractivity contribution in [2.24, 2.45) is 7.05 Å². The second kappa shape index (κ2) is 4.58. The molecule has 1 N–H and O–H groups in total. The predicted molar refractivity (Wildman–Crippen MR) is 65.7 cm³/mol. The van der Waals surface area contributed by atoms with Gasteiger partial charge in [0, 0.05) is 25.9 Å². The Hall–Kier alpha value is -1.82. The largest absolute Gasteiger partial charge is 0.336 e. The first kappa shape index (κ1) is 11.7. The van der Waals surface area contributed by atoms with Crippen LogP contribution in [0.25, 0.3) is 0 Å². The summed E-state index contributed by atoms with van der Waals surface area (Å²) in [6.45, 7) is 2.32. The Labute approximate surface area is 103 Å². The molecular formula is C10H12ClN5O. The number of nitrogens with one attached hydrogen (secondary N) is 1. The fourth-order valence-electron chi connectivity index (χ4n) is 1.40. The smallest absolute Gasteiger partial charge is 0.287 e. The molecule has 0 aromatic carbocycles. The van der Waals surface area contributed by atoms with E-state index in [0.29, 0.717) is 18.1 Å². The Bertz CT molecular complexity index is 589. The van der Waals surface area contributed by atoms with E-state index in [0.717, 1.165) is 0 Å². The van der Waals surface area contributed by atoms with Crippen LogP contribution in [0, 0.1) is 0 Å². The molecule has 2 aromatic heterocycles. The van der Waals surface area contributed by atoms with Gasteiger partial charge in [0.15, 0.2) is 5.82 Å². The van der Waals surface area contributed by atoms with Crippen molar-refractivity contribution >= 4 is 23.1 Å². The Kier molecular flexibility index (Phi) is 3.14. The molecule has 0 unspecified atom stereocenters. The van der Waals surface area contributed by atoms with E-state index in [1.165, 1.54) is 10.9 Å². The highest BCUT2D eigenvalue weighted by Gasteiger charge is 2.09. The Morgan fingerprint density at radius 2 is 2.29 bits per heavy atom. The molecule has 0 aliphatic carbocycles. The lowest BCUT2D eigenvalue weighted by Crippen LogP contribution is -2.22. The van der Waals surface area contributed by atoms with Crippen molar-refractivity contribution in [1.29, 1.82) is 0 Å². The summed E-state index contributed by atoms with van der Waals surface area (Å²) in [4.78, 5) is 11.7. The van der Waals surface area contributed by atoms with Gasteiger partial charge in [0.25, 0.3) is 5.56 Å². The molecule has 0 spiro atoms. The monoisotopic (exact) mass is 253 g/mol. The van der Waals surface area contributed by atoms with Gasteiger partial charge in [0.1, 0.15) is 5.02 Å². The maximum atomic E-state index is 11.7. The summed E-state index contributed by atoms with van der Waals surface area (Å²) in [5.41, 5.74) is 0.148. The molecule has 0 radical (unpaired) electrons. The molecule has 0 aliphatic heterocycles. The van der Waals surface area contributed by atoms with Crippen LogP contribution in [0.4, 0.5) is 11.5 Å². The minimum Gasteiger partial charge on any atom is -0.336 e. The van der Waals surface area contributed by atoms with Gasteiger partial charge in [-0.05, 0) is 6.92 Å². The second-order valence-corrected chi connectivity index (χ2v) is 3.87. The number of aryl methyl sites for hydroxylation is 2. The molecule has 2 rings (SSSR count). The second-order valence-electron chi connectivity index (χ2n) is 3.49. The molecule has 90 valence electrons. The number of aromatic nitrogens is 4. The fourth-order valence-corrected chi connectivity index (χ4v) is 1.59. The van der Waals surface area contributed by atoms with E-state index in [4.69, 9.17) is 11.6 Å². The standard InChI is InChI=1S/C10H12ClN5O/c1-3-16-10(17)9(11)7(6-12-16)13-8-4-5-15(2)14-8/h4-6H,3H2,1-2H3,(H,13,14). The molecule has 0 fully saturated rings. The highest BCUT2D eigenvalue weighted by Crippen LogP contribution is 2.19. The van der Waals surface area contributed by atoms with Crippen LogP contribution < -0.4 is 10.9 Å². The Morgan fingerprint density at radius 1 is 1.53 bits per heavy atom. The summed E-state index contributed by atoms with van der Waals surface area (Å²) in [5.74, 6) is 0.616. The van der Waals surface area contributed by atoms with Crippen LogP contribution in [0.1, 0.15) is 6.92 Å².